The molecule has 1 aromatic heterocycles. The van der Waals surface area contributed by atoms with Crippen molar-refractivity contribution in [2.75, 3.05) is 32.2 Å². The Hall–Kier alpha value is -1.17. The molecule has 2 heterocycles. The number of hydrogen-bond acceptors (Lipinski definition) is 5. The monoisotopic (exact) mass is 250 g/mol. The summed E-state index contributed by atoms with van der Waals surface area (Å²) >= 11 is 0. The molecule has 5 heteroatoms. The number of nitrogen functional groups attached to an aromatic ring is 1. The number of ether oxygens (including phenoxy) is 1. The number of anilines is 1. The molecule has 5 nitrogen and oxygen atoms in total. The quantitative estimate of drug-likeness (QED) is 0.608. The van der Waals surface area contributed by atoms with Crippen LogP contribution in [0.2, 0.25) is 0 Å². The van der Waals surface area contributed by atoms with Crippen molar-refractivity contribution >= 4 is 5.82 Å². The van der Waals surface area contributed by atoms with Gasteiger partial charge in [0.15, 0.2) is 0 Å². The highest BCUT2D eigenvalue weighted by molar-refractivity contribution is 5.42. The molecular formula is C13H22N4O. The fourth-order valence-corrected chi connectivity index (χ4v) is 2.60. The summed E-state index contributed by atoms with van der Waals surface area (Å²) in [6.45, 7) is 3.98. The van der Waals surface area contributed by atoms with E-state index in [2.05, 4.69) is 21.4 Å². The van der Waals surface area contributed by atoms with Crippen LogP contribution in [0.4, 0.5) is 5.82 Å². The third kappa shape index (κ3) is 3.41. The van der Waals surface area contributed by atoms with Gasteiger partial charge in [-0.15, -0.1) is 0 Å². The molecule has 18 heavy (non-hydrogen) atoms. The van der Waals surface area contributed by atoms with Gasteiger partial charge in [0.2, 0.25) is 0 Å². The van der Waals surface area contributed by atoms with E-state index in [0.29, 0.717) is 5.92 Å². The van der Waals surface area contributed by atoms with Gasteiger partial charge in [0, 0.05) is 32.0 Å². The molecule has 0 radical (unpaired) electrons. The molecule has 3 N–H and O–H groups in total. The molecule has 0 aromatic carbocycles. The van der Waals surface area contributed by atoms with Crippen molar-refractivity contribution in [1.29, 1.82) is 0 Å². The van der Waals surface area contributed by atoms with E-state index in [1.165, 1.54) is 12.8 Å². The molecule has 2 rings (SSSR count). The molecular weight excluding hydrogens is 228 g/mol. The minimum atomic E-state index is 0.648. The summed E-state index contributed by atoms with van der Waals surface area (Å²) in [6.07, 6.45) is 4.25. The molecule has 0 saturated carbocycles. The van der Waals surface area contributed by atoms with E-state index in [1.807, 2.05) is 6.07 Å². The number of hydrazine groups is 1. The highest BCUT2D eigenvalue weighted by Gasteiger charge is 2.20. The molecule has 1 aliphatic rings. The Morgan fingerprint density at radius 1 is 1.61 bits per heavy atom. The number of rotatable bonds is 5. The summed E-state index contributed by atoms with van der Waals surface area (Å²) in [5.41, 5.74) is 3.81. The average Bonchev–Trinajstić information content (AvgIpc) is 2.40. The molecule has 1 unspecified atom stereocenters. The number of likely N-dealkylation sites (tertiary alicyclic amines) is 1. The molecule has 1 aliphatic heterocycles. The lowest BCUT2D eigenvalue weighted by atomic mass is 9.98. The molecule has 0 spiro atoms. The first-order chi connectivity index (χ1) is 8.83. The highest BCUT2D eigenvalue weighted by atomic mass is 16.5. The van der Waals surface area contributed by atoms with Crippen LogP contribution in [0.5, 0.6) is 0 Å². The molecule has 1 atom stereocenters. The predicted octanol–water partition coefficient (Wildman–Crippen LogP) is 1.23. The predicted molar refractivity (Wildman–Crippen MR) is 71.9 cm³/mol. The van der Waals surface area contributed by atoms with Crippen LogP contribution in [0.25, 0.3) is 0 Å². The molecule has 100 valence electrons. The maximum Gasteiger partial charge on any atom is 0.144 e. The Bertz CT molecular complexity index is 370. The number of pyridine rings is 1. The van der Waals surface area contributed by atoms with Crippen molar-refractivity contribution in [2.45, 2.75) is 19.4 Å². The summed E-state index contributed by atoms with van der Waals surface area (Å²) < 4.78 is 5.25. The lowest BCUT2D eigenvalue weighted by Crippen LogP contribution is -2.36. The Balaban J connectivity index is 1.96. The number of nitrogens with zero attached hydrogens (tertiary/aromatic N) is 2. The maximum atomic E-state index is 5.48. The Labute approximate surface area is 108 Å². The van der Waals surface area contributed by atoms with E-state index in [4.69, 9.17) is 10.6 Å². The fraction of sp³-hybridized carbons (Fsp3) is 0.615. The summed E-state index contributed by atoms with van der Waals surface area (Å²) in [5, 5.41) is 0. The second-order valence-corrected chi connectivity index (χ2v) is 4.85. The standard InChI is InChI=1S/C13H22N4O/c1-18-10-11-4-3-7-17(8-11)9-12-5-2-6-15-13(12)16-14/h2,5-6,11H,3-4,7-10,14H2,1H3,(H,15,16). The molecule has 0 bridgehead atoms. The van der Waals surface area contributed by atoms with Crippen LogP contribution in [0.15, 0.2) is 18.3 Å². The van der Waals surface area contributed by atoms with Crippen molar-refractivity contribution in [3.63, 3.8) is 0 Å². The van der Waals surface area contributed by atoms with Crippen molar-refractivity contribution in [1.82, 2.24) is 9.88 Å². The van der Waals surface area contributed by atoms with Crippen LogP contribution < -0.4 is 11.3 Å². The minimum absolute atomic E-state index is 0.648. The first-order valence-corrected chi connectivity index (χ1v) is 6.45. The zero-order valence-corrected chi connectivity index (χ0v) is 10.9. The van der Waals surface area contributed by atoms with Gasteiger partial charge in [-0.3, -0.25) is 4.90 Å². The van der Waals surface area contributed by atoms with Gasteiger partial charge in [-0.2, -0.15) is 0 Å². The lowest BCUT2D eigenvalue weighted by molar-refractivity contribution is 0.0874. The number of hydrogen-bond donors (Lipinski definition) is 2. The molecule has 0 aliphatic carbocycles. The number of aromatic nitrogens is 1. The van der Waals surface area contributed by atoms with Gasteiger partial charge in [0.05, 0.1) is 6.61 Å². The summed E-state index contributed by atoms with van der Waals surface area (Å²) in [7, 11) is 1.77. The van der Waals surface area contributed by atoms with E-state index < -0.39 is 0 Å². The van der Waals surface area contributed by atoms with Gasteiger partial charge >= 0.3 is 0 Å². The van der Waals surface area contributed by atoms with Gasteiger partial charge < -0.3 is 10.2 Å². The number of nitrogens with two attached hydrogens (primary N) is 1. The topological polar surface area (TPSA) is 63.4 Å². The largest absolute Gasteiger partial charge is 0.384 e. The molecule has 1 aromatic rings. The Morgan fingerprint density at radius 2 is 2.50 bits per heavy atom. The smallest absolute Gasteiger partial charge is 0.144 e. The van der Waals surface area contributed by atoms with E-state index in [-0.39, 0.29) is 0 Å². The molecule has 0 amide bonds. The first-order valence-electron chi connectivity index (χ1n) is 6.45. The lowest BCUT2D eigenvalue weighted by Gasteiger charge is -2.32. The second-order valence-electron chi connectivity index (χ2n) is 4.85. The fourth-order valence-electron chi connectivity index (χ4n) is 2.60. The summed E-state index contributed by atoms with van der Waals surface area (Å²) in [4.78, 5) is 6.68. The second kappa shape index (κ2) is 6.68. The van der Waals surface area contributed by atoms with Gasteiger partial charge in [0.25, 0.3) is 0 Å². The zero-order chi connectivity index (χ0) is 12.8. The van der Waals surface area contributed by atoms with Crippen molar-refractivity contribution < 1.29 is 4.74 Å². The summed E-state index contributed by atoms with van der Waals surface area (Å²) in [5.74, 6) is 6.90. The number of methoxy groups -OCH3 is 1. The van der Waals surface area contributed by atoms with Crippen molar-refractivity contribution in [2.24, 2.45) is 11.8 Å². The summed E-state index contributed by atoms with van der Waals surface area (Å²) in [6, 6.07) is 4.02. The average molecular weight is 250 g/mol. The van der Waals surface area contributed by atoms with Crippen LogP contribution in [-0.2, 0) is 11.3 Å². The Morgan fingerprint density at radius 3 is 3.28 bits per heavy atom. The first kappa shape index (κ1) is 13.3. The third-order valence-corrected chi connectivity index (χ3v) is 3.43. The van der Waals surface area contributed by atoms with E-state index >= 15 is 0 Å². The zero-order valence-electron chi connectivity index (χ0n) is 10.9. The van der Waals surface area contributed by atoms with Gasteiger partial charge in [0.1, 0.15) is 5.82 Å². The van der Waals surface area contributed by atoms with Crippen molar-refractivity contribution in [3.8, 4) is 0 Å². The van der Waals surface area contributed by atoms with Crippen molar-refractivity contribution in [3.05, 3.63) is 23.9 Å². The van der Waals surface area contributed by atoms with E-state index in [1.54, 1.807) is 13.3 Å². The molecule has 1 fully saturated rings. The van der Waals surface area contributed by atoms with Gasteiger partial charge in [-0.1, -0.05) is 6.07 Å². The third-order valence-electron chi connectivity index (χ3n) is 3.43. The van der Waals surface area contributed by atoms with Crippen LogP contribution in [0.3, 0.4) is 0 Å². The molecule has 1 saturated heterocycles. The van der Waals surface area contributed by atoms with E-state index in [0.717, 1.165) is 37.6 Å². The maximum absolute atomic E-state index is 5.48. The van der Waals surface area contributed by atoms with Crippen LogP contribution >= 0.6 is 0 Å². The number of piperidine rings is 1. The van der Waals surface area contributed by atoms with Crippen LogP contribution in [0, 0.1) is 5.92 Å². The Kier molecular flexibility index (Phi) is 4.92. The van der Waals surface area contributed by atoms with E-state index in [9.17, 15) is 0 Å². The van der Waals surface area contributed by atoms with Crippen LogP contribution in [0.1, 0.15) is 18.4 Å². The number of nitrogens with one attached hydrogen (secondary N) is 1. The normalized spacial score (nSPS) is 20.9. The van der Waals surface area contributed by atoms with Crippen LogP contribution in [-0.4, -0.2) is 36.7 Å². The SMILES string of the molecule is COCC1CCCN(Cc2cccnc2NN)C1. The van der Waals surface area contributed by atoms with Gasteiger partial charge in [-0.05, 0) is 31.4 Å². The van der Waals surface area contributed by atoms with Gasteiger partial charge in [-0.25, -0.2) is 10.8 Å². The highest BCUT2D eigenvalue weighted by Crippen LogP contribution is 2.20. The minimum Gasteiger partial charge on any atom is -0.384 e.